The Morgan fingerprint density at radius 2 is 1.86 bits per heavy atom. The van der Waals surface area contributed by atoms with Gasteiger partial charge in [-0.05, 0) is 38.7 Å². The summed E-state index contributed by atoms with van der Waals surface area (Å²) >= 11 is 0. The second kappa shape index (κ2) is 8.34. The molecule has 1 N–H and O–H groups in total. The van der Waals surface area contributed by atoms with Gasteiger partial charge in [-0.3, -0.25) is 9.48 Å². The highest BCUT2D eigenvalue weighted by Gasteiger charge is 2.29. The fourth-order valence-corrected chi connectivity index (χ4v) is 4.84. The predicted molar refractivity (Wildman–Crippen MR) is 112 cm³/mol. The first kappa shape index (κ1) is 19.0. The van der Waals surface area contributed by atoms with Gasteiger partial charge in [-0.25, -0.2) is 0 Å². The molecule has 0 radical (unpaired) electrons. The highest BCUT2D eigenvalue weighted by Crippen LogP contribution is 2.33. The van der Waals surface area contributed by atoms with Gasteiger partial charge in [-0.2, -0.15) is 5.10 Å². The zero-order chi connectivity index (χ0) is 19.5. The molecule has 2 aliphatic rings. The Bertz CT molecular complexity index is 846. The third-order valence-electron chi connectivity index (χ3n) is 6.37. The molecule has 2 unspecified atom stereocenters. The van der Waals surface area contributed by atoms with E-state index in [0.29, 0.717) is 5.92 Å². The number of hydrogen-bond acceptors (Lipinski definition) is 2. The summed E-state index contributed by atoms with van der Waals surface area (Å²) in [6, 6.07) is 10.6. The highest BCUT2D eigenvalue weighted by atomic mass is 16.1. The molecule has 4 rings (SSSR count). The van der Waals surface area contributed by atoms with Crippen LogP contribution in [0.5, 0.6) is 0 Å². The topological polar surface area (TPSA) is 46.9 Å². The monoisotopic (exact) mass is 377 g/mol. The van der Waals surface area contributed by atoms with E-state index in [1.54, 1.807) is 0 Å². The molecule has 0 spiro atoms. The van der Waals surface area contributed by atoms with Crippen molar-refractivity contribution in [3.63, 3.8) is 0 Å². The lowest BCUT2D eigenvalue weighted by atomic mass is 9.88. The summed E-state index contributed by atoms with van der Waals surface area (Å²) < 4.78 is 2.11. The number of rotatable bonds is 5. The summed E-state index contributed by atoms with van der Waals surface area (Å²) in [4.78, 5) is 12.6. The number of aryl methyl sites for hydroxylation is 1. The van der Waals surface area contributed by atoms with E-state index < -0.39 is 0 Å². The lowest BCUT2D eigenvalue weighted by Crippen LogP contribution is -2.38. The molecule has 1 heterocycles. The van der Waals surface area contributed by atoms with Crippen LogP contribution in [-0.2, 0) is 11.3 Å². The molecule has 148 valence electrons. The van der Waals surface area contributed by atoms with Gasteiger partial charge < -0.3 is 5.32 Å². The average Bonchev–Trinajstić information content (AvgIpc) is 3.27. The summed E-state index contributed by atoms with van der Waals surface area (Å²) in [7, 11) is 0. The molecular weight excluding hydrogens is 346 g/mol. The van der Waals surface area contributed by atoms with Crippen LogP contribution in [-0.4, -0.2) is 21.7 Å². The molecule has 0 bridgehead atoms. The fraction of sp³-hybridized carbons (Fsp3) is 0.500. The Balaban J connectivity index is 1.41. The molecule has 0 aliphatic heterocycles. The second-order valence-corrected chi connectivity index (χ2v) is 8.40. The molecular formula is C24H31N3O. The van der Waals surface area contributed by atoms with E-state index in [9.17, 15) is 4.79 Å². The van der Waals surface area contributed by atoms with Gasteiger partial charge in [0.1, 0.15) is 0 Å². The SMILES string of the molecule is Cc1nn(Cc2ccccc2)c(C)c1C1C=CC(NC(=O)C2CCCCC2)C1. The predicted octanol–water partition coefficient (Wildman–Crippen LogP) is 4.66. The van der Waals surface area contributed by atoms with Gasteiger partial charge in [-0.1, -0.05) is 61.7 Å². The quantitative estimate of drug-likeness (QED) is 0.771. The molecule has 2 aromatic rings. The first-order valence-electron chi connectivity index (χ1n) is 10.7. The van der Waals surface area contributed by atoms with Crippen molar-refractivity contribution in [1.82, 2.24) is 15.1 Å². The van der Waals surface area contributed by atoms with Crippen LogP contribution in [0, 0.1) is 19.8 Å². The first-order chi connectivity index (χ1) is 13.6. The normalized spacial score (nSPS) is 22.5. The number of carbonyl (C=O) groups excluding carboxylic acids is 1. The van der Waals surface area contributed by atoms with Gasteiger partial charge in [0.15, 0.2) is 0 Å². The molecule has 1 amide bonds. The van der Waals surface area contributed by atoms with Crippen molar-refractivity contribution in [2.45, 2.75) is 70.9 Å². The van der Waals surface area contributed by atoms with Crippen LogP contribution < -0.4 is 5.32 Å². The number of hydrogen-bond donors (Lipinski definition) is 1. The molecule has 1 saturated carbocycles. The van der Waals surface area contributed by atoms with Crippen molar-refractivity contribution in [3.05, 3.63) is 65.0 Å². The smallest absolute Gasteiger partial charge is 0.223 e. The summed E-state index contributed by atoms with van der Waals surface area (Å²) in [5.41, 5.74) is 4.92. The second-order valence-electron chi connectivity index (χ2n) is 8.40. The van der Waals surface area contributed by atoms with E-state index >= 15 is 0 Å². The molecule has 1 fully saturated rings. The minimum absolute atomic E-state index is 0.149. The molecule has 4 nitrogen and oxygen atoms in total. The van der Waals surface area contributed by atoms with E-state index in [1.807, 2.05) is 6.07 Å². The Hall–Kier alpha value is -2.36. The van der Waals surface area contributed by atoms with Crippen LogP contribution in [0.4, 0.5) is 0 Å². The number of nitrogens with zero attached hydrogens (tertiary/aromatic N) is 2. The number of amides is 1. The van der Waals surface area contributed by atoms with Gasteiger partial charge in [0.25, 0.3) is 0 Å². The van der Waals surface area contributed by atoms with Crippen molar-refractivity contribution in [2.75, 3.05) is 0 Å². The van der Waals surface area contributed by atoms with E-state index in [1.165, 1.54) is 36.1 Å². The van der Waals surface area contributed by atoms with Gasteiger partial charge in [0.05, 0.1) is 12.2 Å². The van der Waals surface area contributed by atoms with Gasteiger partial charge >= 0.3 is 0 Å². The first-order valence-corrected chi connectivity index (χ1v) is 10.7. The molecule has 2 aliphatic carbocycles. The third kappa shape index (κ3) is 4.06. The van der Waals surface area contributed by atoms with E-state index in [4.69, 9.17) is 5.10 Å². The zero-order valence-corrected chi connectivity index (χ0v) is 17.0. The van der Waals surface area contributed by atoms with Crippen molar-refractivity contribution in [2.24, 2.45) is 5.92 Å². The summed E-state index contributed by atoms with van der Waals surface area (Å²) in [6.45, 7) is 5.07. The number of carbonyl (C=O) groups is 1. The van der Waals surface area contributed by atoms with Crippen molar-refractivity contribution >= 4 is 5.91 Å². The van der Waals surface area contributed by atoms with Crippen LogP contribution in [0.1, 0.15) is 67.0 Å². The Morgan fingerprint density at radius 3 is 2.61 bits per heavy atom. The van der Waals surface area contributed by atoms with Crippen LogP contribution in [0.3, 0.4) is 0 Å². The van der Waals surface area contributed by atoms with E-state index in [-0.39, 0.29) is 17.9 Å². The summed E-state index contributed by atoms with van der Waals surface area (Å²) in [6.07, 6.45) is 11.2. The van der Waals surface area contributed by atoms with E-state index in [2.05, 4.69) is 60.3 Å². The van der Waals surface area contributed by atoms with E-state index in [0.717, 1.165) is 31.5 Å². The molecule has 4 heteroatoms. The maximum absolute atomic E-state index is 12.6. The van der Waals surface area contributed by atoms with Crippen molar-refractivity contribution in [1.29, 1.82) is 0 Å². The van der Waals surface area contributed by atoms with Crippen molar-refractivity contribution < 1.29 is 4.79 Å². The van der Waals surface area contributed by atoms with Crippen LogP contribution in [0.2, 0.25) is 0 Å². The minimum Gasteiger partial charge on any atom is -0.350 e. The van der Waals surface area contributed by atoms with Crippen molar-refractivity contribution in [3.8, 4) is 0 Å². The molecule has 0 saturated heterocycles. The van der Waals surface area contributed by atoms with Crippen LogP contribution >= 0.6 is 0 Å². The zero-order valence-electron chi connectivity index (χ0n) is 17.0. The number of nitrogens with one attached hydrogen (secondary N) is 1. The maximum atomic E-state index is 12.6. The maximum Gasteiger partial charge on any atom is 0.223 e. The largest absolute Gasteiger partial charge is 0.350 e. The van der Waals surface area contributed by atoms with Gasteiger partial charge in [-0.15, -0.1) is 0 Å². The molecule has 28 heavy (non-hydrogen) atoms. The van der Waals surface area contributed by atoms with Crippen LogP contribution in [0.25, 0.3) is 0 Å². The lowest BCUT2D eigenvalue weighted by Gasteiger charge is -2.23. The number of aromatic nitrogens is 2. The average molecular weight is 378 g/mol. The molecule has 1 aromatic carbocycles. The lowest BCUT2D eigenvalue weighted by molar-refractivity contribution is -0.126. The third-order valence-corrected chi connectivity index (χ3v) is 6.37. The number of benzene rings is 1. The Morgan fingerprint density at radius 1 is 1.11 bits per heavy atom. The molecule has 2 atom stereocenters. The summed E-state index contributed by atoms with van der Waals surface area (Å²) in [5.74, 6) is 0.808. The van der Waals surface area contributed by atoms with Gasteiger partial charge in [0.2, 0.25) is 5.91 Å². The highest BCUT2D eigenvalue weighted by molar-refractivity contribution is 5.79. The molecule has 1 aromatic heterocycles. The Kier molecular flexibility index (Phi) is 5.65. The van der Waals surface area contributed by atoms with Gasteiger partial charge in [0, 0.05) is 29.1 Å². The Labute approximate surface area is 168 Å². The fourth-order valence-electron chi connectivity index (χ4n) is 4.84. The minimum atomic E-state index is 0.149. The van der Waals surface area contributed by atoms with Crippen LogP contribution in [0.15, 0.2) is 42.5 Å². The number of allylic oxidation sites excluding steroid dienone is 1. The standard InChI is InChI=1S/C24H31N3O/c1-17-23(18(2)27(26-17)16-19-9-5-3-6-10-19)21-13-14-22(15-21)25-24(28)20-11-7-4-8-12-20/h3,5-6,9-10,13-14,20-22H,4,7-8,11-12,15-16H2,1-2H3,(H,25,28). The summed E-state index contributed by atoms with van der Waals surface area (Å²) in [5, 5.41) is 8.09.